The van der Waals surface area contributed by atoms with Crippen molar-refractivity contribution in [3.05, 3.63) is 63.4 Å². The average Bonchev–Trinajstić information content (AvgIpc) is 3.18. The summed E-state index contributed by atoms with van der Waals surface area (Å²) in [6.07, 6.45) is 1.88. The summed E-state index contributed by atoms with van der Waals surface area (Å²) >= 11 is 6.13. The lowest BCUT2D eigenvalue weighted by Gasteiger charge is -2.13. The normalized spacial score (nSPS) is 15.5. The molecule has 152 valence electrons. The number of carbonyl (C=O) groups is 3. The van der Waals surface area contributed by atoms with Gasteiger partial charge in [0.25, 0.3) is 0 Å². The van der Waals surface area contributed by atoms with Crippen molar-refractivity contribution in [1.29, 1.82) is 5.26 Å². The maximum Gasteiger partial charge on any atom is 0.339 e. The van der Waals surface area contributed by atoms with Crippen LogP contribution in [0.5, 0.6) is 0 Å². The predicted octanol–water partition coefficient (Wildman–Crippen LogP) is 4.93. The first-order valence-electron chi connectivity index (χ1n) is 9.32. The molecule has 0 N–H and O–H groups in total. The van der Waals surface area contributed by atoms with E-state index in [2.05, 4.69) is 0 Å². The van der Waals surface area contributed by atoms with E-state index in [4.69, 9.17) is 26.0 Å². The maximum atomic E-state index is 12.3. The number of nitrogens with zero attached hydrogens (tertiary/aromatic N) is 1. The van der Waals surface area contributed by atoms with Crippen LogP contribution >= 0.6 is 11.6 Å². The second kappa shape index (κ2) is 8.93. The van der Waals surface area contributed by atoms with Gasteiger partial charge >= 0.3 is 5.97 Å². The van der Waals surface area contributed by atoms with Gasteiger partial charge in [-0.25, -0.2) is 4.79 Å². The number of nitriles is 1. The molecule has 7 heteroatoms. The smallest absolute Gasteiger partial charge is 0.339 e. The van der Waals surface area contributed by atoms with Crippen LogP contribution in [0.15, 0.2) is 51.5 Å². The van der Waals surface area contributed by atoms with Gasteiger partial charge in [0.15, 0.2) is 11.6 Å². The average molecular weight is 424 g/mol. The number of hydrogen-bond acceptors (Lipinski definition) is 6. The third-order valence-electron chi connectivity index (χ3n) is 4.61. The number of esters is 1. The van der Waals surface area contributed by atoms with E-state index in [-0.39, 0.29) is 33.9 Å². The maximum absolute atomic E-state index is 12.3. The van der Waals surface area contributed by atoms with Crippen LogP contribution in [0.25, 0.3) is 17.4 Å². The number of ether oxygens (including phenoxy) is 1. The number of benzene rings is 1. The molecule has 0 saturated carbocycles. The fraction of sp³-hybridized carbons (Fsp3) is 0.217. The minimum atomic E-state index is -0.514. The molecule has 0 saturated heterocycles. The lowest BCUT2D eigenvalue weighted by Crippen LogP contribution is -2.20. The number of halogens is 1. The molecule has 6 nitrogen and oxygen atoms in total. The van der Waals surface area contributed by atoms with Gasteiger partial charge in [0.05, 0.1) is 29.2 Å². The minimum absolute atomic E-state index is 0.0134. The Labute approximate surface area is 178 Å². The number of carbonyl (C=O) groups excluding carboxylic acids is 3. The van der Waals surface area contributed by atoms with Crippen molar-refractivity contribution in [3.63, 3.8) is 0 Å². The summed E-state index contributed by atoms with van der Waals surface area (Å²) in [6, 6.07) is 10.1. The van der Waals surface area contributed by atoms with Crippen LogP contribution in [-0.4, -0.2) is 24.1 Å². The molecule has 0 aliphatic heterocycles. The first kappa shape index (κ1) is 21.3. The highest BCUT2D eigenvalue weighted by Gasteiger charge is 2.28. The number of furan rings is 1. The SMILES string of the molecule is CCCOC(=O)c1cc(-c2ccc(/C=C3\C(=O)CC(=O)C(C#N)=C3C)o2)ccc1Cl. The third-order valence-corrected chi connectivity index (χ3v) is 4.94. The molecule has 0 radical (unpaired) electrons. The van der Waals surface area contributed by atoms with Gasteiger partial charge in [0.1, 0.15) is 17.6 Å². The molecule has 0 spiro atoms. The molecule has 2 aromatic rings. The van der Waals surface area contributed by atoms with Gasteiger partial charge in [-0.05, 0) is 55.3 Å². The lowest BCUT2D eigenvalue weighted by molar-refractivity contribution is -0.123. The zero-order valence-electron chi connectivity index (χ0n) is 16.5. The van der Waals surface area contributed by atoms with E-state index >= 15 is 0 Å². The number of rotatable bonds is 5. The van der Waals surface area contributed by atoms with Crippen LogP contribution in [0, 0.1) is 11.3 Å². The van der Waals surface area contributed by atoms with Crippen LogP contribution in [0.3, 0.4) is 0 Å². The van der Waals surface area contributed by atoms with E-state index in [1.807, 2.05) is 13.0 Å². The molecule has 0 amide bonds. The van der Waals surface area contributed by atoms with Gasteiger partial charge < -0.3 is 9.15 Å². The van der Waals surface area contributed by atoms with Crippen LogP contribution < -0.4 is 0 Å². The molecule has 1 aliphatic carbocycles. The summed E-state index contributed by atoms with van der Waals surface area (Å²) in [4.78, 5) is 36.3. The van der Waals surface area contributed by atoms with E-state index in [0.29, 0.717) is 35.7 Å². The van der Waals surface area contributed by atoms with Gasteiger partial charge in [-0.15, -0.1) is 0 Å². The zero-order chi connectivity index (χ0) is 21.8. The van der Waals surface area contributed by atoms with E-state index < -0.39 is 11.8 Å². The molecule has 0 atom stereocenters. The Bertz CT molecular complexity index is 1150. The Kier molecular flexibility index (Phi) is 6.34. The molecule has 1 heterocycles. The third kappa shape index (κ3) is 4.27. The Balaban J connectivity index is 1.94. The lowest BCUT2D eigenvalue weighted by atomic mass is 9.86. The van der Waals surface area contributed by atoms with Gasteiger partial charge in [-0.1, -0.05) is 18.5 Å². The molecular formula is C23H18ClNO5. The highest BCUT2D eigenvalue weighted by atomic mass is 35.5. The first-order chi connectivity index (χ1) is 14.3. The minimum Gasteiger partial charge on any atom is -0.462 e. The van der Waals surface area contributed by atoms with Gasteiger partial charge in [0, 0.05) is 11.1 Å². The summed E-state index contributed by atoms with van der Waals surface area (Å²) in [7, 11) is 0. The second-order valence-electron chi connectivity index (χ2n) is 6.73. The van der Waals surface area contributed by atoms with Gasteiger partial charge in [-0.3, -0.25) is 9.59 Å². The van der Waals surface area contributed by atoms with Crippen molar-refractivity contribution in [2.75, 3.05) is 6.61 Å². The van der Waals surface area contributed by atoms with Crippen molar-refractivity contribution >= 4 is 35.2 Å². The highest BCUT2D eigenvalue weighted by molar-refractivity contribution is 6.33. The number of allylic oxidation sites excluding steroid dienone is 3. The molecule has 1 aromatic carbocycles. The summed E-state index contributed by atoms with van der Waals surface area (Å²) < 4.78 is 11.0. The molecule has 1 aliphatic rings. The highest BCUT2D eigenvalue weighted by Crippen LogP contribution is 2.30. The molecule has 0 fully saturated rings. The van der Waals surface area contributed by atoms with Crippen molar-refractivity contribution in [3.8, 4) is 17.4 Å². The van der Waals surface area contributed by atoms with E-state index in [9.17, 15) is 14.4 Å². The second-order valence-corrected chi connectivity index (χ2v) is 7.13. The zero-order valence-corrected chi connectivity index (χ0v) is 17.2. The standard InChI is InChI=1S/C23H18ClNO5/c1-3-8-29-23(28)17-9-14(4-6-19(17)24)22-7-5-15(30-22)10-16-13(2)18(12-25)21(27)11-20(16)26/h4-7,9-10H,3,8,11H2,1-2H3/b16-10-. The van der Waals surface area contributed by atoms with Crippen LogP contribution in [0.2, 0.25) is 5.02 Å². The first-order valence-corrected chi connectivity index (χ1v) is 9.69. The number of Topliss-reactive ketones (excluding diaryl/α,β-unsaturated/α-hetero) is 2. The summed E-state index contributed by atoms with van der Waals surface area (Å²) in [5.41, 5.74) is 1.44. The van der Waals surface area contributed by atoms with Crippen LogP contribution in [-0.2, 0) is 14.3 Å². The fourth-order valence-corrected chi connectivity index (χ4v) is 3.25. The van der Waals surface area contributed by atoms with Crippen LogP contribution in [0.1, 0.15) is 42.8 Å². The fourth-order valence-electron chi connectivity index (χ4n) is 3.05. The van der Waals surface area contributed by atoms with Crippen molar-refractivity contribution < 1.29 is 23.5 Å². The van der Waals surface area contributed by atoms with E-state index in [1.165, 1.54) is 6.08 Å². The topological polar surface area (TPSA) is 97.4 Å². The molecule has 30 heavy (non-hydrogen) atoms. The molecule has 1 aromatic heterocycles. The Morgan fingerprint density at radius 1 is 1.27 bits per heavy atom. The summed E-state index contributed by atoms with van der Waals surface area (Å²) in [5, 5.41) is 9.44. The van der Waals surface area contributed by atoms with E-state index in [1.54, 1.807) is 37.3 Å². The summed E-state index contributed by atoms with van der Waals surface area (Å²) in [6.45, 7) is 3.76. The Hall–Kier alpha value is -3.43. The Morgan fingerprint density at radius 2 is 2.03 bits per heavy atom. The quantitative estimate of drug-likeness (QED) is 0.384. The predicted molar refractivity (Wildman–Crippen MR) is 111 cm³/mol. The van der Waals surface area contributed by atoms with Crippen molar-refractivity contribution in [1.82, 2.24) is 0 Å². The molecule has 0 unspecified atom stereocenters. The summed E-state index contributed by atoms with van der Waals surface area (Å²) in [5.74, 6) is -0.503. The van der Waals surface area contributed by atoms with E-state index in [0.717, 1.165) is 0 Å². The molecule has 0 bridgehead atoms. The largest absolute Gasteiger partial charge is 0.462 e. The van der Waals surface area contributed by atoms with Gasteiger partial charge in [0.2, 0.25) is 0 Å². The number of ketones is 2. The van der Waals surface area contributed by atoms with Crippen molar-refractivity contribution in [2.24, 2.45) is 0 Å². The van der Waals surface area contributed by atoms with Gasteiger partial charge in [-0.2, -0.15) is 5.26 Å². The van der Waals surface area contributed by atoms with Crippen molar-refractivity contribution in [2.45, 2.75) is 26.7 Å². The monoisotopic (exact) mass is 423 g/mol. The van der Waals surface area contributed by atoms with Crippen LogP contribution in [0.4, 0.5) is 0 Å². The molecule has 3 rings (SSSR count). The number of hydrogen-bond donors (Lipinski definition) is 0. The molecular weight excluding hydrogens is 406 g/mol. The Morgan fingerprint density at radius 3 is 2.73 bits per heavy atom.